The molecule has 3 rings (SSSR count). The molecule has 0 saturated carbocycles. The van der Waals surface area contributed by atoms with Crippen molar-refractivity contribution >= 4 is 17.6 Å². The molecule has 6 heteroatoms. The molecule has 0 unspecified atom stereocenters. The predicted octanol–water partition coefficient (Wildman–Crippen LogP) is 3.61. The first kappa shape index (κ1) is 18.4. The number of amides is 2. The second kappa shape index (κ2) is 8.31. The standard InChI is InChI=1S/C21H22N4O2/c1-3-24(4-2)21(27)18-15-22-25(17-13-9-6-10-14-17)19(18)23-20(26)16-11-7-5-8-12-16/h5-15H,3-4H2,1-2H3,(H,23,26). The summed E-state index contributed by atoms with van der Waals surface area (Å²) < 4.78 is 1.58. The number of anilines is 1. The number of nitrogens with one attached hydrogen (secondary N) is 1. The van der Waals surface area contributed by atoms with Gasteiger partial charge in [-0.1, -0.05) is 36.4 Å². The summed E-state index contributed by atoms with van der Waals surface area (Å²) in [6.07, 6.45) is 1.51. The van der Waals surface area contributed by atoms with Crippen molar-refractivity contribution in [3.05, 3.63) is 78.0 Å². The van der Waals surface area contributed by atoms with Crippen LogP contribution in [0.3, 0.4) is 0 Å². The van der Waals surface area contributed by atoms with E-state index in [9.17, 15) is 9.59 Å². The van der Waals surface area contributed by atoms with E-state index < -0.39 is 0 Å². The van der Waals surface area contributed by atoms with E-state index in [4.69, 9.17) is 0 Å². The summed E-state index contributed by atoms with van der Waals surface area (Å²) in [7, 11) is 0. The van der Waals surface area contributed by atoms with E-state index in [0.29, 0.717) is 30.0 Å². The molecule has 2 aromatic carbocycles. The zero-order valence-electron chi connectivity index (χ0n) is 15.4. The Morgan fingerprint density at radius 3 is 2.15 bits per heavy atom. The summed E-state index contributed by atoms with van der Waals surface area (Å²) in [6, 6.07) is 18.3. The lowest BCUT2D eigenvalue weighted by Gasteiger charge is -2.19. The molecule has 0 aliphatic rings. The first-order valence-corrected chi connectivity index (χ1v) is 8.94. The number of carbonyl (C=O) groups is 2. The maximum Gasteiger partial charge on any atom is 0.259 e. The van der Waals surface area contributed by atoms with E-state index in [-0.39, 0.29) is 11.8 Å². The van der Waals surface area contributed by atoms with Crippen molar-refractivity contribution in [1.82, 2.24) is 14.7 Å². The van der Waals surface area contributed by atoms with Gasteiger partial charge in [-0.2, -0.15) is 5.10 Å². The Kier molecular flexibility index (Phi) is 5.66. The molecule has 0 spiro atoms. The highest BCUT2D eigenvalue weighted by atomic mass is 16.2. The molecule has 138 valence electrons. The number of nitrogens with zero attached hydrogens (tertiary/aromatic N) is 3. The lowest BCUT2D eigenvalue weighted by molar-refractivity contribution is 0.0774. The van der Waals surface area contributed by atoms with Gasteiger partial charge in [-0.05, 0) is 38.1 Å². The second-order valence-electron chi connectivity index (χ2n) is 5.95. The van der Waals surface area contributed by atoms with Crippen LogP contribution in [0.15, 0.2) is 66.9 Å². The van der Waals surface area contributed by atoms with Crippen LogP contribution in [0.25, 0.3) is 5.69 Å². The molecule has 0 saturated heterocycles. The topological polar surface area (TPSA) is 67.2 Å². The summed E-state index contributed by atoms with van der Waals surface area (Å²) in [4.78, 5) is 27.3. The number of para-hydroxylation sites is 1. The number of rotatable bonds is 6. The smallest absolute Gasteiger partial charge is 0.259 e. The average Bonchev–Trinajstić information content (AvgIpc) is 3.13. The fourth-order valence-electron chi connectivity index (χ4n) is 2.84. The molecule has 6 nitrogen and oxygen atoms in total. The lowest BCUT2D eigenvalue weighted by atomic mass is 10.2. The molecule has 1 N–H and O–H groups in total. The quantitative estimate of drug-likeness (QED) is 0.728. The van der Waals surface area contributed by atoms with E-state index in [1.807, 2.05) is 50.2 Å². The molecule has 27 heavy (non-hydrogen) atoms. The first-order valence-electron chi connectivity index (χ1n) is 8.94. The van der Waals surface area contributed by atoms with Gasteiger partial charge in [-0.3, -0.25) is 9.59 Å². The van der Waals surface area contributed by atoms with Gasteiger partial charge in [0.2, 0.25) is 0 Å². The Morgan fingerprint density at radius 2 is 1.56 bits per heavy atom. The molecule has 0 atom stereocenters. The Bertz CT molecular complexity index is 916. The Morgan fingerprint density at radius 1 is 0.963 bits per heavy atom. The van der Waals surface area contributed by atoms with Gasteiger partial charge in [0.25, 0.3) is 11.8 Å². The van der Waals surface area contributed by atoms with Gasteiger partial charge in [0.1, 0.15) is 11.4 Å². The van der Waals surface area contributed by atoms with Crippen LogP contribution in [0.5, 0.6) is 0 Å². The largest absolute Gasteiger partial charge is 0.339 e. The predicted molar refractivity (Wildman–Crippen MR) is 105 cm³/mol. The maximum atomic E-state index is 12.9. The molecule has 3 aromatic rings. The summed E-state index contributed by atoms with van der Waals surface area (Å²) in [5.74, 6) is -0.0839. The minimum atomic E-state index is -0.290. The first-order chi connectivity index (χ1) is 13.2. The van der Waals surface area contributed by atoms with E-state index in [1.54, 1.807) is 33.8 Å². The van der Waals surface area contributed by atoms with Gasteiger partial charge in [-0.15, -0.1) is 0 Å². The van der Waals surface area contributed by atoms with Crippen LogP contribution in [0.1, 0.15) is 34.6 Å². The fraction of sp³-hybridized carbons (Fsp3) is 0.190. The van der Waals surface area contributed by atoms with E-state index in [0.717, 1.165) is 5.69 Å². The highest BCUT2D eigenvalue weighted by molar-refractivity contribution is 6.08. The molecular formula is C21H22N4O2. The average molecular weight is 362 g/mol. The summed E-state index contributed by atoms with van der Waals surface area (Å²) in [5.41, 5.74) is 1.64. The van der Waals surface area contributed by atoms with Crippen molar-refractivity contribution in [3.8, 4) is 5.69 Å². The highest BCUT2D eigenvalue weighted by Gasteiger charge is 2.23. The van der Waals surface area contributed by atoms with E-state index >= 15 is 0 Å². The number of aromatic nitrogens is 2. The van der Waals surface area contributed by atoms with Crippen LogP contribution < -0.4 is 5.32 Å². The van der Waals surface area contributed by atoms with Crippen LogP contribution >= 0.6 is 0 Å². The van der Waals surface area contributed by atoms with Gasteiger partial charge in [0.05, 0.1) is 11.9 Å². The monoisotopic (exact) mass is 362 g/mol. The molecule has 2 amide bonds. The summed E-state index contributed by atoms with van der Waals surface area (Å²) in [6.45, 7) is 5.01. The zero-order valence-corrected chi connectivity index (χ0v) is 15.4. The van der Waals surface area contributed by atoms with Gasteiger partial charge in [0, 0.05) is 18.7 Å². The molecule has 1 heterocycles. The van der Waals surface area contributed by atoms with Crippen LogP contribution in [-0.4, -0.2) is 39.6 Å². The van der Waals surface area contributed by atoms with Crippen LogP contribution in [0, 0.1) is 0 Å². The summed E-state index contributed by atoms with van der Waals surface area (Å²) in [5, 5.41) is 7.23. The Hall–Kier alpha value is -3.41. The fourth-order valence-corrected chi connectivity index (χ4v) is 2.84. The molecular weight excluding hydrogens is 340 g/mol. The molecule has 0 aliphatic heterocycles. The third kappa shape index (κ3) is 3.89. The molecule has 0 radical (unpaired) electrons. The van der Waals surface area contributed by atoms with Crippen molar-refractivity contribution in [2.75, 3.05) is 18.4 Å². The van der Waals surface area contributed by atoms with Gasteiger partial charge < -0.3 is 10.2 Å². The van der Waals surface area contributed by atoms with E-state index in [2.05, 4.69) is 10.4 Å². The van der Waals surface area contributed by atoms with Crippen LogP contribution in [-0.2, 0) is 0 Å². The lowest BCUT2D eigenvalue weighted by Crippen LogP contribution is -2.31. The molecule has 0 aliphatic carbocycles. The number of benzene rings is 2. The SMILES string of the molecule is CCN(CC)C(=O)c1cnn(-c2ccccc2)c1NC(=O)c1ccccc1. The van der Waals surface area contributed by atoms with Crippen molar-refractivity contribution in [2.24, 2.45) is 0 Å². The third-order valence-electron chi connectivity index (χ3n) is 4.32. The Balaban J connectivity index is 2.03. The highest BCUT2D eigenvalue weighted by Crippen LogP contribution is 2.22. The maximum absolute atomic E-state index is 12.9. The third-order valence-corrected chi connectivity index (χ3v) is 4.32. The van der Waals surface area contributed by atoms with E-state index in [1.165, 1.54) is 6.20 Å². The number of hydrogen-bond acceptors (Lipinski definition) is 3. The van der Waals surface area contributed by atoms with Crippen LogP contribution in [0.4, 0.5) is 5.82 Å². The van der Waals surface area contributed by atoms with Crippen molar-refractivity contribution in [3.63, 3.8) is 0 Å². The normalized spacial score (nSPS) is 10.4. The van der Waals surface area contributed by atoms with Crippen molar-refractivity contribution < 1.29 is 9.59 Å². The Labute approximate surface area is 158 Å². The van der Waals surface area contributed by atoms with Crippen molar-refractivity contribution in [1.29, 1.82) is 0 Å². The van der Waals surface area contributed by atoms with Gasteiger partial charge in [-0.25, -0.2) is 4.68 Å². The molecule has 1 aromatic heterocycles. The second-order valence-corrected chi connectivity index (χ2v) is 5.95. The number of carbonyl (C=O) groups excluding carboxylic acids is 2. The van der Waals surface area contributed by atoms with Gasteiger partial charge >= 0.3 is 0 Å². The minimum absolute atomic E-state index is 0.162. The van der Waals surface area contributed by atoms with Crippen LogP contribution in [0.2, 0.25) is 0 Å². The zero-order chi connectivity index (χ0) is 19.2. The molecule has 0 fully saturated rings. The minimum Gasteiger partial charge on any atom is -0.339 e. The number of hydrogen-bond donors (Lipinski definition) is 1. The summed E-state index contributed by atoms with van der Waals surface area (Å²) >= 11 is 0. The van der Waals surface area contributed by atoms with Crippen molar-refractivity contribution in [2.45, 2.75) is 13.8 Å². The van der Waals surface area contributed by atoms with Gasteiger partial charge in [0.15, 0.2) is 0 Å². The molecule has 0 bridgehead atoms.